The van der Waals surface area contributed by atoms with E-state index in [0.29, 0.717) is 26.4 Å². The summed E-state index contributed by atoms with van der Waals surface area (Å²) in [6, 6.07) is 12.2. The van der Waals surface area contributed by atoms with Crippen LogP contribution in [0, 0.1) is 20.8 Å². The number of aromatic nitrogens is 2. The topological polar surface area (TPSA) is 99.6 Å². The van der Waals surface area contributed by atoms with Gasteiger partial charge in [0.25, 0.3) is 0 Å². The van der Waals surface area contributed by atoms with E-state index in [1.807, 2.05) is 18.2 Å². The van der Waals surface area contributed by atoms with Gasteiger partial charge in [0, 0.05) is 54.4 Å². The summed E-state index contributed by atoms with van der Waals surface area (Å²) >= 11 is 0. The Hall–Kier alpha value is -3.65. The average molecular weight is 488 g/mol. The molecule has 0 spiro atoms. The molecule has 0 unspecified atom stereocenters. The summed E-state index contributed by atoms with van der Waals surface area (Å²) in [7, 11) is 0. The van der Waals surface area contributed by atoms with Crippen molar-refractivity contribution in [3.63, 3.8) is 0 Å². The zero-order chi connectivity index (χ0) is 25.2. The molecule has 0 amide bonds. The Balaban J connectivity index is 1.34. The lowest BCUT2D eigenvalue weighted by Crippen LogP contribution is -2.37. The zero-order valence-corrected chi connectivity index (χ0v) is 21.0. The number of carboxylic acid groups (broad SMARTS) is 1. The molecule has 1 fully saturated rings. The van der Waals surface area contributed by atoms with E-state index in [1.54, 1.807) is 0 Å². The van der Waals surface area contributed by atoms with Crippen LogP contribution in [0.5, 0.6) is 5.75 Å². The van der Waals surface area contributed by atoms with Gasteiger partial charge in [0.1, 0.15) is 5.75 Å². The standard InChI is InChI=1S/C28H32N4O4/c1-17-20(15-29-22-7-8-24-21(13-26(33)34)16-36-25(24)14-22)5-4-6-23(17)27-18(2)30-28(31-19(27)3)32-9-11-35-12-10-32/h4-8,14,21,29H,9-13,15-16H2,1-3H3,(H,33,34)/p-1/t21-/m1/s1. The molecule has 2 aliphatic rings. The number of hydrogen-bond donors (Lipinski definition) is 1. The minimum atomic E-state index is -1.05. The van der Waals surface area contributed by atoms with E-state index in [2.05, 4.69) is 49.2 Å². The second-order valence-electron chi connectivity index (χ2n) is 9.45. The van der Waals surface area contributed by atoms with Gasteiger partial charge in [-0.2, -0.15) is 0 Å². The SMILES string of the molecule is Cc1nc(N2CCOCC2)nc(C)c1-c1cccc(CNc2ccc3c(c2)OC[C@H]3CC(=O)[O-])c1C. The summed E-state index contributed by atoms with van der Waals surface area (Å²) in [5, 5.41) is 14.5. The van der Waals surface area contributed by atoms with E-state index in [9.17, 15) is 9.90 Å². The fourth-order valence-corrected chi connectivity index (χ4v) is 5.09. The Kier molecular flexibility index (Phi) is 6.78. The van der Waals surface area contributed by atoms with Gasteiger partial charge in [-0.3, -0.25) is 0 Å². The van der Waals surface area contributed by atoms with Crippen molar-refractivity contribution >= 4 is 17.6 Å². The van der Waals surface area contributed by atoms with Crippen LogP contribution in [0.2, 0.25) is 0 Å². The van der Waals surface area contributed by atoms with Crippen molar-refractivity contribution < 1.29 is 19.4 Å². The molecule has 0 aliphatic carbocycles. The Morgan fingerprint density at radius 3 is 2.58 bits per heavy atom. The highest BCUT2D eigenvalue weighted by Gasteiger charge is 2.24. The van der Waals surface area contributed by atoms with Gasteiger partial charge < -0.3 is 29.6 Å². The number of benzene rings is 2. The van der Waals surface area contributed by atoms with Crippen molar-refractivity contribution in [2.45, 2.75) is 39.7 Å². The summed E-state index contributed by atoms with van der Waals surface area (Å²) in [6.07, 6.45) is -0.0261. The minimum absolute atomic E-state index is 0.0261. The number of carboxylic acids is 1. The van der Waals surface area contributed by atoms with Gasteiger partial charge in [-0.1, -0.05) is 24.3 Å². The molecule has 188 valence electrons. The Bertz CT molecular complexity index is 1260. The molecule has 3 aromatic rings. The van der Waals surface area contributed by atoms with E-state index in [-0.39, 0.29) is 12.3 Å². The number of anilines is 2. The first-order valence-corrected chi connectivity index (χ1v) is 12.4. The van der Waals surface area contributed by atoms with Crippen molar-refractivity contribution in [1.82, 2.24) is 9.97 Å². The van der Waals surface area contributed by atoms with Crippen LogP contribution in [0.4, 0.5) is 11.6 Å². The van der Waals surface area contributed by atoms with E-state index < -0.39 is 5.97 Å². The largest absolute Gasteiger partial charge is 0.550 e. The van der Waals surface area contributed by atoms with Crippen LogP contribution >= 0.6 is 0 Å². The third-order valence-corrected chi connectivity index (χ3v) is 7.06. The van der Waals surface area contributed by atoms with Crippen LogP contribution < -0.4 is 20.1 Å². The van der Waals surface area contributed by atoms with Crippen LogP contribution in [-0.2, 0) is 16.1 Å². The molecule has 3 heterocycles. The zero-order valence-electron chi connectivity index (χ0n) is 21.0. The van der Waals surface area contributed by atoms with Crippen molar-refractivity contribution in [1.29, 1.82) is 0 Å². The maximum Gasteiger partial charge on any atom is 0.225 e. The van der Waals surface area contributed by atoms with Gasteiger partial charge in [-0.15, -0.1) is 0 Å². The molecule has 5 rings (SSSR count). The van der Waals surface area contributed by atoms with Crippen LogP contribution in [0.1, 0.15) is 40.4 Å². The van der Waals surface area contributed by atoms with Crippen molar-refractivity contribution in [3.05, 3.63) is 64.5 Å². The maximum absolute atomic E-state index is 11.0. The maximum atomic E-state index is 11.0. The quantitative estimate of drug-likeness (QED) is 0.543. The van der Waals surface area contributed by atoms with Crippen molar-refractivity contribution in [2.75, 3.05) is 43.1 Å². The Morgan fingerprint density at radius 2 is 1.86 bits per heavy atom. The predicted molar refractivity (Wildman–Crippen MR) is 136 cm³/mol. The van der Waals surface area contributed by atoms with Crippen molar-refractivity contribution in [3.8, 4) is 16.9 Å². The fourth-order valence-electron chi connectivity index (χ4n) is 5.09. The Labute approximate surface area is 211 Å². The molecule has 0 bridgehead atoms. The van der Waals surface area contributed by atoms with Crippen LogP contribution in [0.25, 0.3) is 11.1 Å². The van der Waals surface area contributed by atoms with E-state index in [1.165, 1.54) is 11.1 Å². The summed E-state index contributed by atoms with van der Waals surface area (Å²) < 4.78 is 11.2. The number of aliphatic carboxylic acids is 1. The predicted octanol–water partition coefficient (Wildman–Crippen LogP) is 3.13. The number of fused-ring (bicyclic) bond motifs is 1. The summed E-state index contributed by atoms with van der Waals surface area (Å²) in [4.78, 5) is 22.9. The molecule has 2 aromatic carbocycles. The van der Waals surface area contributed by atoms with Crippen LogP contribution in [0.3, 0.4) is 0 Å². The number of rotatable bonds is 7. The molecule has 1 atom stereocenters. The van der Waals surface area contributed by atoms with E-state index >= 15 is 0 Å². The molecule has 1 aromatic heterocycles. The highest BCUT2D eigenvalue weighted by Crippen LogP contribution is 2.38. The highest BCUT2D eigenvalue weighted by molar-refractivity contribution is 5.73. The first-order valence-electron chi connectivity index (χ1n) is 12.4. The smallest absolute Gasteiger partial charge is 0.225 e. The summed E-state index contributed by atoms with van der Waals surface area (Å²) in [5.74, 6) is 0.301. The second kappa shape index (κ2) is 10.1. The molecule has 8 nitrogen and oxygen atoms in total. The number of nitrogens with zero attached hydrogens (tertiary/aromatic N) is 3. The number of nitrogens with one attached hydrogen (secondary N) is 1. The molecule has 1 N–H and O–H groups in total. The lowest BCUT2D eigenvalue weighted by molar-refractivity contribution is -0.306. The van der Waals surface area contributed by atoms with E-state index in [4.69, 9.17) is 19.4 Å². The van der Waals surface area contributed by atoms with Crippen LogP contribution in [-0.4, -0.2) is 48.8 Å². The second-order valence-corrected chi connectivity index (χ2v) is 9.45. The van der Waals surface area contributed by atoms with Gasteiger partial charge in [0.2, 0.25) is 5.95 Å². The van der Waals surface area contributed by atoms with Gasteiger partial charge in [0.15, 0.2) is 0 Å². The molecular formula is C28H31N4O4-. The number of ether oxygens (including phenoxy) is 2. The first-order chi connectivity index (χ1) is 17.4. The number of carbonyl (C=O) groups excluding carboxylic acids is 1. The molecule has 8 heteroatoms. The average Bonchev–Trinajstić information content (AvgIpc) is 3.25. The summed E-state index contributed by atoms with van der Waals surface area (Å²) in [5.41, 5.74) is 8.38. The molecule has 1 saturated heterocycles. The molecular weight excluding hydrogens is 456 g/mol. The van der Waals surface area contributed by atoms with Gasteiger partial charge in [-0.05, 0) is 49.9 Å². The molecule has 0 saturated carbocycles. The van der Waals surface area contributed by atoms with Gasteiger partial charge in [0.05, 0.1) is 31.2 Å². The number of aryl methyl sites for hydroxylation is 2. The molecule has 36 heavy (non-hydrogen) atoms. The van der Waals surface area contributed by atoms with Crippen molar-refractivity contribution in [2.24, 2.45) is 0 Å². The summed E-state index contributed by atoms with van der Waals surface area (Å²) in [6.45, 7) is 10.3. The van der Waals surface area contributed by atoms with Gasteiger partial charge in [-0.25, -0.2) is 9.97 Å². The third-order valence-electron chi connectivity index (χ3n) is 7.06. The van der Waals surface area contributed by atoms with E-state index in [0.717, 1.165) is 58.6 Å². The normalized spacial score (nSPS) is 17.0. The third kappa shape index (κ3) is 4.86. The lowest BCUT2D eigenvalue weighted by atomic mass is 9.94. The molecule has 0 radical (unpaired) electrons. The number of morpholine rings is 1. The Morgan fingerprint density at radius 1 is 1.11 bits per heavy atom. The monoisotopic (exact) mass is 487 g/mol. The first kappa shape index (κ1) is 24.1. The lowest BCUT2D eigenvalue weighted by Gasteiger charge is -2.27. The highest BCUT2D eigenvalue weighted by atomic mass is 16.5. The van der Waals surface area contributed by atoms with Crippen LogP contribution in [0.15, 0.2) is 36.4 Å². The fraction of sp³-hybridized carbons (Fsp3) is 0.393. The molecule has 2 aliphatic heterocycles. The minimum Gasteiger partial charge on any atom is -0.550 e. The van der Waals surface area contributed by atoms with Gasteiger partial charge >= 0.3 is 0 Å². The number of carbonyl (C=O) groups is 1. The number of hydrogen-bond acceptors (Lipinski definition) is 8.